The standard InChI is InChI=1S/C14H19FN4O/c1-9-10(8-18-19-9)4-3-5-17-13-7-14(20-2)11(15)6-12(13)16/h6-8,17H,3-5,16H2,1-2H3,(H,18,19). The minimum Gasteiger partial charge on any atom is -0.494 e. The smallest absolute Gasteiger partial charge is 0.167 e. The molecule has 0 radical (unpaired) electrons. The molecule has 0 saturated heterocycles. The number of nitrogen functional groups attached to an aromatic ring is 1. The third-order valence-corrected chi connectivity index (χ3v) is 3.20. The summed E-state index contributed by atoms with van der Waals surface area (Å²) in [5.41, 5.74) is 9.13. The second-order valence-electron chi connectivity index (χ2n) is 4.62. The van der Waals surface area contributed by atoms with Gasteiger partial charge >= 0.3 is 0 Å². The molecule has 2 aromatic rings. The first-order chi connectivity index (χ1) is 9.61. The van der Waals surface area contributed by atoms with E-state index in [1.807, 2.05) is 13.1 Å². The molecule has 1 aromatic carbocycles. The number of methoxy groups -OCH3 is 1. The van der Waals surface area contributed by atoms with Crippen molar-refractivity contribution in [2.45, 2.75) is 19.8 Å². The minimum atomic E-state index is -0.454. The Kier molecular flexibility index (Phi) is 4.45. The van der Waals surface area contributed by atoms with Crippen molar-refractivity contribution in [1.82, 2.24) is 10.2 Å². The minimum absolute atomic E-state index is 0.187. The number of nitrogens with one attached hydrogen (secondary N) is 2. The van der Waals surface area contributed by atoms with Crippen molar-refractivity contribution in [1.29, 1.82) is 0 Å². The number of H-pyrrole nitrogens is 1. The van der Waals surface area contributed by atoms with Gasteiger partial charge in [-0.3, -0.25) is 5.10 Å². The summed E-state index contributed by atoms with van der Waals surface area (Å²) in [5.74, 6) is -0.267. The zero-order valence-electron chi connectivity index (χ0n) is 11.7. The van der Waals surface area contributed by atoms with Crippen LogP contribution >= 0.6 is 0 Å². The molecule has 20 heavy (non-hydrogen) atoms. The van der Waals surface area contributed by atoms with E-state index in [-0.39, 0.29) is 5.75 Å². The van der Waals surface area contributed by atoms with Crippen molar-refractivity contribution in [3.8, 4) is 5.75 Å². The Morgan fingerprint density at radius 3 is 2.90 bits per heavy atom. The number of aromatic amines is 1. The van der Waals surface area contributed by atoms with E-state index in [0.29, 0.717) is 11.4 Å². The molecule has 0 saturated carbocycles. The van der Waals surface area contributed by atoms with E-state index in [9.17, 15) is 4.39 Å². The average molecular weight is 278 g/mol. The second kappa shape index (κ2) is 6.27. The molecule has 0 unspecified atom stereocenters. The van der Waals surface area contributed by atoms with Crippen LogP contribution in [-0.4, -0.2) is 23.9 Å². The number of nitrogens with zero attached hydrogens (tertiary/aromatic N) is 1. The molecular weight excluding hydrogens is 259 g/mol. The average Bonchev–Trinajstić information content (AvgIpc) is 2.82. The lowest BCUT2D eigenvalue weighted by molar-refractivity contribution is 0.387. The Hall–Kier alpha value is -2.24. The molecule has 108 valence electrons. The molecule has 0 bridgehead atoms. The van der Waals surface area contributed by atoms with Crippen molar-refractivity contribution in [3.05, 3.63) is 35.4 Å². The lowest BCUT2D eigenvalue weighted by Crippen LogP contribution is -2.06. The van der Waals surface area contributed by atoms with Crippen molar-refractivity contribution >= 4 is 11.4 Å². The highest BCUT2D eigenvalue weighted by Gasteiger charge is 2.08. The lowest BCUT2D eigenvalue weighted by atomic mass is 10.1. The van der Waals surface area contributed by atoms with E-state index in [1.165, 1.54) is 18.7 Å². The number of ether oxygens (including phenoxy) is 1. The fourth-order valence-electron chi connectivity index (χ4n) is 2.01. The van der Waals surface area contributed by atoms with E-state index in [0.717, 1.165) is 25.1 Å². The summed E-state index contributed by atoms with van der Waals surface area (Å²) in [6.45, 7) is 2.74. The number of nitrogens with two attached hydrogens (primary N) is 1. The molecule has 0 atom stereocenters. The first-order valence-electron chi connectivity index (χ1n) is 6.47. The molecule has 0 spiro atoms. The molecule has 2 rings (SSSR count). The van der Waals surface area contributed by atoms with E-state index in [1.54, 1.807) is 6.07 Å². The molecule has 6 heteroatoms. The number of hydrogen-bond acceptors (Lipinski definition) is 4. The van der Waals surface area contributed by atoms with Gasteiger partial charge < -0.3 is 15.8 Å². The number of benzene rings is 1. The van der Waals surface area contributed by atoms with E-state index in [4.69, 9.17) is 10.5 Å². The van der Waals surface area contributed by atoms with Crippen molar-refractivity contribution in [3.63, 3.8) is 0 Å². The maximum Gasteiger partial charge on any atom is 0.167 e. The topological polar surface area (TPSA) is 76.0 Å². The molecule has 5 nitrogen and oxygen atoms in total. The summed E-state index contributed by atoms with van der Waals surface area (Å²) < 4.78 is 18.3. The van der Waals surface area contributed by atoms with Gasteiger partial charge in [0.15, 0.2) is 11.6 Å². The van der Waals surface area contributed by atoms with E-state index < -0.39 is 5.82 Å². The maximum absolute atomic E-state index is 13.4. The van der Waals surface area contributed by atoms with Gasteiger partial charge in [-0.05, 0) is 25.3 Å². The highest BCUT2D eigenvalue weighted by Crippen LogP contribution is 2.27. The molecule has 1 heterocycles. The molecule has 1 aromatic heterocycles. The first-order valence-corrected chi connectivity index (χ1v) is 6.47. The number of aromatic nitrogens is 2. The van der Waals surface area contributed by atoms with Crippen LogP contribution in [0.5, 0.6) is 5.75 Å². The number of anilines is 2. The Morgan fingerprint density at radius 2 is 2.25 bits per heavy atom. The highest BCUT2D eigenvalue weighted by molar-refractivity contribution is 5.68. The van der Waals surface area contributed by atoms with Crippen molar-refractivity contribution in [2.75, 3.05) is 24.7 Å². The lowest BCUT2D eigenvalue weighted by Gasteiger charge is -2.11. The van der Waals surface area contributed by atoms with Gasteiger partial charge in [0, 0.05) is 24.4 Å². The molecule has 0 aliphatic heterocycles. The SMILES string of the molecule is COc1cc(NCCCc2cn[nH]c2C)c(N)cc1F. The van der Waals surface area contributed by atoms with Crippen molar-refractivity contribution in [2.24, 2.45) is 0 Å². The summed E-state index contributed by atoms with van der Waals surface area (Å²) in [7, 11) is 1.43. The van der Waals surface area contributed by atoms with Crippen LogP contribution in [0.2, 0.25) is 0 Å². The van der Waals surface area contributed by atoms with Crippen LogP contribution in [0.15, 0.2) is 18.3 Å². The number of halogens is 1. The molecule has 0 amide bonds. The van der Waals surface area contributed by atoms with Gasteiger partial charge in [0.1, 0.15) is 0 Å². The van der Waals surface area contributed by atoms with Crippen LogP contribution in [0.1, 0.15) is 17.7 Å². The Balaban J connectivity index is 1.89. The Labute approximate surface area is 117 Å². The Bertz CT molecular complexity index is 583. The summed E-state index contributed by atoms with van der Waals surface area (Å²) in [4.78, 5) is 0. The quantitative estimate of drug-likeness (QED) is 0.560. The van der Waals surface area contributed by atoms with Gasteiger partial charge in [0.2, 0.25) is 0 Å². The van der Waals surface area contributed by atoms with Crippen LogP contribution in [0.25, 0.3) is 0 Å². The van der Waals surface area contributed by atoms with Gasteiger partial charge in [-0.2, -0.15) is 5.10 Å². The molecule has 0 fully saturated rings. The summed E-state index contributed by atoms with van der Waals surface area (Å²) in [6.07, 6.45) is 3.69. The molecule has 4 N–H and O–H groups in total. The van der Waals surface area contributed by atoms with Gasteiger partial charge in [-0.25, -0.2) is 4.39 Å². The largest absolute Gasteiger partial charge is 0.494 e. The van der Waals surface area contributed by atoms with E-state index in [2.05, 4.69) is 15.5 Å². The third kappa shape index (κ3) is 3.20. The van der Waals surface area contributed by atoms with Gasteiger partial charge in [-0.1, -0.05) is 0 Å². The number of hydrogen-bond donors (Lipinski definition) is 3. The highest BCUT2D eigenvalue weighted by atomic mass is 19.1. The normalized spacial score (nSPS) is 10.6. The zero-order valence-corrected chi connectivity index (χ0v) is 11.7. The predicted octanol–water partition coefficient (Wildman–Crippen LogP) is 2.49. The monoisotopic (exact) mass is 278 g/mol. The fraction of sp³-hybridized carbons (Fsp3) is 0.357. The summed E-state index contributed by atoms with van der Waals surface area (Å²) in [5, 5.41) is 10.1. The number of rotatable bonds is 6. The number of aryl methyl sites for hydroxylation is 2. The maximum atomic E-state index is 13.4. The third-order valence-electron chi connectivity index (χ3n) is 3.20. The Morgan fingerprint density at radius 1 is 1.45 bits per heavy atom. The first kappa shape index (κ1) is 14.2. The predicted molar refractivity (Wildman–Crippen MR) is 77.5 cm³/mol. The molecule has 0 aliphatic rings. The van der Waals surface area contributed by atoms with Gasteiger partial charge in [0.05, 0.1) is 24.7 Å². The van der Waals surface area contributed by atoms with Crippen LogP contribution in [0.3, 0.4) is 0 Å². The fourth-order valence-corrected chi connectivity index (χ4v) is 2.01. The summed E-state index contributed by atoms with van der Waals surface area (Å²) >= 11 is 0. The summed E-state index contributed by atoms with van der Waals surface area (Å²) in [6, 6.07) is 2.84. The van der Waals surface area contributed by atoms with Gasteiger partial charge in [0.25, 0.3) is 0 Å². The zero-order chi connectivity index (χ0) is 14.5. The van der Waals surface area contributed by atoms with Gasteiger partial charge in [-0.15, -0.1) is 0 Å². The molecule has 0 aliphatic carbocycles. The van der Waals surface area contributed by atoms with Crippen LogP contribution in [0, 0.1) is 12.7 Å². The van der Waals surface area contributed by atoms with E-state index >= 15 is 0 Å². The molecular formula is C14H19FN4O. The second-order valence-corrected chi connectivity index (χ2v) is 4.62. The van der Waals surface area contributed by atoms with Crippen molar-refractivity contribution < 1.29 is 9.13 Å². The van der Waals surface area contributed by atoms with Crippen LogP contribution in [-0.2, 0) is 6.42 Å². The van der Waals surface area contributed by atoms with Crippen LogP contribution < -0.4 is 15.8 Å². The van der Waals surface area contributed by atoms with Crippen LogP contribution in [0.4, 0.5) is 15.8 Å².